The lowest BCUT2D eigenvalue weighted by Gasteiger charge is -2.37. The minimum Gasteiger partial charge on any atom is -0.453 e. The maximum absolute atomic E-state index is 11.0. The number of rotatable bonds is 9. The molecule has 0 bridgehead atoms. The van der Waals surface area contributed by atoms with Gasteiger partial charge in [-0.1, -0.05) is 25.5 Å². The molecular formula is C19H31N3O2S. The van der Waals surface area contributed by atoms with Gasteiger partial charge < -0.3 is 15.0 Å². The van der Waals surface area contributed by atoms with Crippen LogP contribution in [0.3, 0.4) is 0 Å². The Labute approximate surface area is 156 Å². The first kappa shape index (κ1) is 19.9. The Balaban J connectivity index is 1.64. The van der Waals surface area contributed by atoms with Crippen molar-refractivity contribution in [3.63, 3.8) is 0 Å². The van der Waals surface area contributed by atoms with Crippen LogP contribution in [0.25, 0.3) is 0 Å². The highest BCUT2D eigenvalue weighted by Crippen LogP contribution is 2.30. The molecule has 2 rings (SSSR count). The van der Waals surface area contributed by atoms with Crippen molar-refractivity contribution in [3.05, 3.63) is 24.3 Å². The molecule has 1 aromatic carbocycles. The largest absolute Gasteiger partial charge is 0.453 e. The highest BCUT2D eigenvalue weighted by Gasteiger charge is 2.18. The molecule has 5 nitrogen and oxygen atoms in total. The summed E-state index contributed by atoms with van der Waals surface area (Å²) in [6.45, 7) is 8.53. The Morgan fingerprint density at radius 1 is 1.16 bits per heavy atom. The lowest BCUT2D eigenvalue weighted by Crippen LogP contribution is -2.46. The molecule has 0 spiro atoms. The summed E-state index contributed by atoms with van der Waals surface area (Å²) in [6, 6.07) is 8.76. The number of thioether (sulfide) groups is 1. The average Bonchev–Trinajstić information content (AvgIpc) is 2.65. The predicted molar refractivity (Wildman–Crippen MR) is 106 cm³/mol. The van der Waals surface area contributed by atoms with E-state index in [9.17, 15) is 4.79 Å². The molecule has 140 valence electrons. The molecule has 0 atom stereocenters. The number of methoxy groups -OCH3 is 1. The fourth-order valence-electron chi connectivity index (χ4n) is 3.11. The summed E-state index contributed by atoms with van der Waals surface area (Å²) in [6.07, 6.45) is 3.00. The maximum atomic E-state index is 11.0. The van der Waals surface area contributed by atoms with E-state index in [1.807, 2.05) is 11.8 Å². The number of hydrogen-bond acceptors (Lipinski definition) is 5. The quantitative estimate of drug-likeness (QED) is 0.536. The number of nitrogens with one attached hydrogen (secondary N) is 1. The maximum Gasteiger partial charge on any atom is 0.406 e. The van der Waals surface area contributed by atoms with Crippen LogP contribution in [0.4, 0.5) is 10.5 Å². The molecular weight excluding hydrogens is 334 g/mol. The molecule has 1 N–H and O–H groups in total. The van der Waals surface area contributed by atoms with Crippen molar-refractivity contribution in [2.24, 2.45) is 0 Å². The Kier molecular flexibility index (Phi) is 8.97. The van der Waals surface area contributed by atoms with E-state index in [1.54, 1.807) is 0 Å². The van der Waals surface area contributed by atoms with Crippen LogP contribution in [0.15, 0.2) is 29.2 Å². The van der Waals surface area contributed by atoms with Crippen molar-refractivity contribution >= 4 is 23.5 Å². The van der Waals surface area contributed by atoms with Gasteiger partial charge in [-0.2, -0.15) is 0 Å². The van der Waals surface area contributed by atoms with Crippen LogP contribution in [-0.4, -0.2) is 63.1 Å². The molecule has 1 fully saturated rings. The van der Waals surface area contributed by atoms with Crippen LogP contribution in [0.5, 0.6) is 0 Å². The van der Waals surface area contributed by atoms with E-state index in [4.69, 9.17) is 0 Å². The lowest BCUT2D eigenvalue weighted by molar-refractivity contribution is 0.170. The number of amides is 1. The minimum atomic E-state index is -0.336. The van der Waals surface area contributed by atoms with Crippen molar-refractivity contribution < 1.29 is 9.53 Å². The highest BCUT2D eigenvalue weighted by atomic mass is 32.2. The Hall–Kier alpha value is -1.40. The average molecular weight is 366 g/mol. The SMILES string of the molecule is CCSc1ccccc1N1CCN(CCCCCNC(=O)OC)CC1. The molecule has 1 aliphatic rings. The van der Waals surface area contributed by atoms with Crippen molar-refractivity contribution in [3.8, 4) is 0 Å². The van der Waals surface area contributed by atoms with E-state index in [1.165, 1.54) is 24.1 Å². The number of nitrogens with zero attached hydrogens (tertiary/aromatic N) is 2. The fourth-order valence-corrected chi connectivity index (χ4v) is 3.94. The van der Waals surface area contributed by atoms with Crippen LogP contribution in [0.1, 0.15) is 26.2 Å². The predicted octanol–water partition coefficient (Wildman–Crippen LogP) is 3.45. The topological polar surface area (TPSA) is 44.8 Å². The van der Waals surface area contributed by atoms with E-state index in [0.29, 0.717) is 6.54 Å². The van der Waals surface area contributed by atoms with Gasteiger partial charge in [0.05, 0.1) is 12.8 Å². The second kappa shape index (κ2) is 11.3. The van der Waals surface area contributed by atoms with Crippen LogP contribution < -0.4 is 10.2 Å². The zero-order valence-corrected chi connectivity index (χ0v) is 16.3. The molecule has 1 amide bonds. The fraction of sp³-hybridized carbons (Fsp3) is 0.632. The lowest BCUT2D eigenvalue weighted by atomic mass is 10.2. The van der Waals surface area contributed by atoms with E-state index in [2.05, 4.69) is 51.0 Å². The van der Waals surface area contributed by atoms with E-state index in [0.717, 1.165) is 51.3 Å². The molecule has 0 radical (unpaired) electrons. The number of piperazine rings is 1. The Morgan fingerprint density at radius 2 is 1.92 bits per heavy atom. The molecule has 1 saturated heterocycles. The zero-order chi connectivity index (χ0) is 17.9. The number of benzene rings is 1. The summed E-state index contributed by atoms with van der Waals surface area (Å²) < 4.78 is 4.56. The highest BCUT2D eigenvalue weighted by molar-refractivity contribution is 7.99. The molecule has 1 aromatic rings. The van der Waals surface area contributed by atoms with Crippen LogP contribution in [-0.2, 0) is 4.74 Å². The molecule has 1 aliphatic heterocycles. The number of ether oxygens (including phenoxy) is 1. The first-order valence-corrected chi connectivity index (χ1v) is 10.2. The summed E-state index contributed by atoms with van der Waals surface area (Å²) in [4.78, 5) is 17.4. The Morgan fingerprint density at radius 3 is 2.64 bits per heavy atom. The number of unbranched alkanes of at least 4 members (excludes halogenated alkanes) is 2. The second-order valence-electron chi connectivity index (χ2n) is 6.21. The van der Waals surface area contributed by atoms with Crippen molar-refractivity contribution in [1.82, 2.24) is 10.2 Å². The van der Waals surface area contributed by atoms with Gasteiger partial charge in [-0.15, -0.1) is 11.8 Å². The van der Waals surface area contributed by atoms with Gasteiger partial charge in [-0.25, -0.2) is 4.79 Å². The Bertz CT molecular complexity index is 519. The number of para-hydroxylation sites is 1. The minimum absolute atomic E-state index is 0.336. The van der Waals surface area contributed by atoms with Gasteiger partial charge >= 0.3 is 6.09 Å². The molecule has 6 heteroatoms. The molecule has 0 aromatic heterocycles. The first-order chi connectivity index (χ1) is 12.2. The number of anilines is 1. The normalized spacial score (nSPS) is 15.2. The molecule has 25 heavy (non-hydrogen) atoms. The smallest absolute Gasteiger partial charge is 0.406 e. The van der Waals surface area contributed by atoms with Crippen molar-refractivity contribution in [2.75, 3.05) is 57.0 Å². The summed E-state index contributed by atoms with van der Waals surface area (Å²) in [7, 11) is 1.40. The van der Waals surface area contributed by atoms with E-state index in [-0.39, 0.29) is 6.09 Å². The van der Waals surface area contributed by atoms with Gasteiger partial charge in [0.1, 0.15) is 0 Å². The van der Waals surface area contributed by atoms with Gasteiger partial charge in [0.2, 0.25) is 0 Å². The van der Waals surface area contributed by atoms with Gasteiger partial charge in [-0.05, 0) is 37.3 Å². The van der Waals surface area contributed by atoms with Crippen LogP contribution >= 0.6 is 11.8 Å². The number of alkyl carbamates (subject to hydrolysis) is 1. The number of carbonyl (C=O) groups is 1. The van der Waals surface area contributed by atoms with Crippen molar-refractivity contribution in [1.29, 1.82) is 0 Å². The van der Waals surface area contributed by atoms with Gasteiger partial charge in [0.15, 0.2) is 0 Å². The van der Waals surface area contributed by atoms with Crippen molar-refractivity contribution in [2.45, 2.75) is 31.1 Å². The number of hydrogen-bond donors (Lipinski definition) is 1. The molecule has 0 unspecified atom stereocenters. The van der Waals surface area contributed by atoms with Gasteiger partial charge in [-0.3, -0.25) is 4.90 Å². The molecule has 0 saturated carbocycles. The summed E-state index contributed by atoms with van der Waals surface area (Å²) >= 11 is 1.93. The van der Waals surface area contributed by atoms with Crippen LogP contribution in [0.2, 0.25) is 0 Å². The second-order valence-corrected chi connectivity index (χ2v) is 7.51. The standard InChI is InChI=1S/C19H31N3O2S/c1-3-25-18-10-6-5-9-17(18)22-15-13-21(14-16-22)12-8-4-7-11-20-19(23)24-2/h5-6,9-10H,3-4,7-8,11-16H2,1-2H3,(H,20,23). The third-order valence-corrected chi connectivity index (χ3v) is 5.43. The van der Waals surface area contributed by atoms with E-state index >= 15 is 0 Å². The third kappa shape index (κ3) is 6.78. The third-order valence-electron chi connectivity index (χ3n) is 4.48. The summed E-state index contributed by atoms with van der Waals surface area (Å²) in [5.74, 6) is 1.11. The van der Waals surface area contributed by atoms with Gasteiger partial charge in [0, 0.05) is 37.6 Å². The summed E-state index contributed by atoms with van der Waals surface area (Å²) in [5, 5.41) is 2.73. The van der Waals surface area contributed by atoms with E-state index < -0.39 is 0 Å². The monoisotopic (exact) mass is 365 g/mol. The first-order valence-electron chi connectivity index (χ1n) is 9.25. The molecule has 1 heterocycles. The summed E-state index contributed by atoms with van der Waals surface area (Å²) in [5.41, 5.74) is 1.39. The van der Waals surface area contributed by atoms with Gasteiger partial charge in [0.25, 0.3) is 0 Å². The zero-order valence-electron chi connectivity index (χ0n) is 15.5. The van der Waals surface area contributed by atoms with Crippen LogP contribution in [0, 0.1) is 0 Å². The number of carbonyl (C=O) groups excluding carboxylic acids is 1. The molecule has 0 aliphatic carbocycles.